The molecule has 464 valence electrons. The van der Waals surface area contributed by atoms with Gasteiger partial charge in [-0.1, -0.05) is 12.1 Å². The molecule has 0 radical (unpaired) electrons. The van der Waals surface area contributed by atoms with Crippen molar-refractivity contribution in [2.45, 2.75) is 141 Å². The van der Waals surface area contributed by atoms with Gasteiger partial charge in [0.2, 0.25) is 0 Å². The molecule has 10 rings (SSSR count). The van der Waals surface area contributed by atoms with Crippen LogP contribution in [0.3, 0.4) is 0 Å². The highest BCUT2D eigenvalue weighted by molar-refractivity contribution is 6.05. The first-order valence-corrected chi connectivity index (χ1v) is 29.5. The summed E-state index contributed by atoms with van der Waals surface area (Å²) in [7, 11) is 0. The Morgan fingerprint density at radius 3 is 1.38 bits per heavy atom. The van der Waals surface area contributed by atoms with Gasteiger partial charge >= 0.3 is 18.4 Å². The van der Waals surface area contributed by atoms with Crippen molar-refractivity contribution in [3.05, 3.63) is 142 Å². The summed E-state index contributed by atoms with van der Waals surface area (Å²) in [5.41, 5.74) is 11.3. The zero-order valence-corrected chi connectivity index (χ0v) is 50.2. The lowest BCUT2D eigenvalue weighted by molar-refractivity contribution is -0.142. The molecule has 0 saturated carbocycles. The number of aryl methyl sites for hydroxylation is 2. The highest BCUT2D eigenvalue weighted by Crippen LogP contribution is 2.39. The number of nitrogens with one attached hydrogen (secondary N) is 3. The number of amides is 3. The number of alkyl carbamates (subject to hydrolysis) is 1. The summed E-state index contributed by atoms with van der Waals surface area (Å²) in [5.74, 6) is 0.939. The summed E-state index contributed by atoms with van der Waals surface area (Å²) in [5, 5.41) is 8.56. The Bertz CT molecular complexity index is 3430. The monoisotopic (exact) mass is 1210 g/mol. The van der Waals surface area contributed by atoms with Gasteiger partial charge in [0.05, 0.1) is 0 Å². The molecule has 16 nitrogen and oxygen atoms in total. The van der Waals surface area contributed by atoms with Gasteiger partial charge in [0, 0.05) is 122 Å². The smallest absolute Gasteiger partial charge is 0.433 e. The number of anilines is 4. The standard InChI is InChI=1S/C35H42F3N5O4.C30H34F3N5O2/c1-22-6-7-26(40-31(44)24-8-13-39-29(19-24)35(36,37)38)21-27(22)25-18-28(23-9-16-46-17-10-23)41-30(20-25)43-14-11-34(5,12-15-43)42-32(45)47-33(2,3)4;1-19-3-4-23(36-28(39)21-5-10-35-26(16-21)30(31,32)33)18-24(19)22-15-25(20-6-13-40-14-7-20)37-27(17-22)38-11-8-29(2,34)9-12-38/h6-8,13,18-21,23H,9-12,14-17H2,1-5H3,(H,40,44)(H,42,45);3-5,10,15-18,20H,6-9,11-14,34H2,1-2H3,(H,36,39). The molecule has 22 heteroatoms. The van der Waals surface area contributed by atoms with E-state index in [2.05, 4.69) is 60.8 Å². The number of ether oxygens (including phenoxy) is 3. The van der Waals surface area contributed by atoms with Gasteiger partial charge in [-0.05, 0) is 206 Å². The number of piperidine rings is 2. The van der Waals surface area contributed by atoms with Crippen LogP contribution in [0.2, 0.25) is 0 Å². The van der Waals surface area contributed by atoms with E-state index in [9.17, 15) is 40.7 Å². The molecule has 3 amide bonds. The Morgan fingerprint density at radius 1 is 0.586 bits per heavy atom. The van der Waals surface area contributed by atoms with Crippen LogP contribution >= 0.6 is 0 Å². The maximum Gasteiger partial charge on any atom is 0.433 e. The van der Waals surface area contributed by atoms with Crippen LogP contribution < -0.4 is 31.5 Å². The molecule has 87 heavy (non-hydrogen) atoms. The van der Waals surface area contributed by atoms with E-state index in [0.29, 0.717) is 63.7 Å². The van der Waals surface area contributed by atoms with Crippen LogP contribution in [0.15, 0.2) is 97.3 Å². The molecule has 0 atom stereocenters. The number of carbonyl (C=O) groups excluding carboxylic acids is 3. The zero-order valence-electron chi connectivity index (χ0n) is 50.2. The molecule has 2 aromatic carbocycles. The van der Waals surface area contributed by atoms with E-state index in [4.69, 9.17) is 29.9 Å². The molecule has 0 bridgehead atoms. The molecule has 0 aliphatic carbocycles. The first-order chi connectivity index (χ1) is 41.1. The fourth-order valence-electron chi connectivity index (χ4n) is 11.1. The van der Waals surface area contributed by atoms with E-state index in [0.717, 1.165) is 133 Å². The predicted molar refractivity (Wildman–Crippen MR) is 322 cm³/mol. The second kappa shape index (κ2) is 26.3. The third-order valence-electron chi connectivity index (χ3n) is 16.4. The van der Waals surface area contributed by atoms with E-state index in [1.54, 1.807) is 12.1 Å². The topological polar surface area (TPSA) is 199 Å². The number of alkyl halides is 6. The molecular formula is C65H76F6N10O6. The molecule has 4 saturated heterocycles. The summed E-state index contributed by atoms with van der Waals surface area (Å²) in [4.78, 5) is 59.7. The van der Waals surface area contributed by atoms with Crippen LogP contribution in [-0.4, -0.2) is 107 Å². The lowest BCUT2D eigenvalue weighted by Crippen LogP contribution is -2.54. The van der Waals surface area contributed by atoms with Crippen LogP contribution in [0.25, 0.3) is 22.3 Å². The average Bonchev–Trinajstić information content (AvgIpc) is 2.91. The van der Waals surface area contributed by atoms with Crippen molar-refractivity contribution in [2.75, 3.05) is 73.0 Å². The van der Waals surface area contributed by atoms with Gasteiger partial charge in [0.15, 0.2) is 0 Å². The molecule has 5 N–H and O–H groups in total. The molecule has 4 aromatic heterocycles. The molecule has 0 spiro atoms. The van der Waals surface area contributed by atoms with Crippen molar-refractivity contribution in [1.29, 1.82) is 0 Å². The minimum absolute atomic E-state index is 0.116. The van der Waals surface area contributed by atoms with Crippen molar-refractivity contribution in [2.24, 2.45) is 5.73 Å². The molecule has 6 aromatic rings. The number of hydrogen-bond acceptors (Lipinski definition) is 13. The number of nitrogens with zero attached hydrogens (tertiary/aromatic N) is 6. The lowest BCUT2D eigenvalue weighted by atomic mass is 9.89. The number of aromatic nitrogens is 4. The van der Waals surface area contributed by atoms with Crippen LogP contribution in [0.5, 0.6) is 0 Å². The first kappa shape index (κ1) is 63.8. The van der Waals surface area contributed by atoms with E-state index < -0.39 is 52.8 Å². The van der Waals surface area contributed by atoms with Gasteiger partial charge in [-0.15, -0.1) is 0 Å². The number of halogens is 6. The highest BCUT2D eigenvalue weighted by Gasteiger charge is 2.37. The van der Waals surface area contributed by atoms with Crippen LogP contribution in [-0.2, 0) is 26.6 Å². The second-order valence-corrected chi connectivity index (χ2v) is 24.7. The van der Waals surface area contributed by atoms with Gasteiger partial charge < -0.3 is 45.7 Å². The summed E-state index contributed by atoms with van der Waals surface area (Å²) in [6.45, 7) is 19.3. The van der Waals surface area contributed by atoms with Gasteiger partial charge in [-0.25, -0.2) is 14.8 Å². The zero-order chi connectivity index (χ0) is 62.5. The lowest BCUT2D eigenvalue weighted by Gasteiger charge is -2.41. The minimum Gasteiger partial charge on any atom is -0.444 e. The molecule has 8 heterocycles. The van der Waals surface area contributed by atoms with Crippen molar-refractivity contribution >= 4 is 40.9 Å². The summed E-state index contributed by atoms with van der Waals surface area (Å²) < 4.78 is 95.5. The number of rotatable bonds is 11. The van der Waals surface area contributed by atoms with E-state index in [1.165, 1.54) is 12.1 Å². The Kier molecular flexibility index (Phi) is 19.3. The fourth-order valence-corrected chi connectivity index (χ4v) is 11.1. The van der Waals surface area contributed by atoms with Gasteiger partial charge in [-0.3, -0.25) is 19.6 Å². The molecular weight excluding hydrogens is 1130 g/mol. The number of carbonyl (C=O) groups is 3. The molecule has 4 fully saturated rings. The SMILES string of the molecule is Cc1ccc(NC(=O)c2ccnc(C(F)(F)F)c2)cc1-c1cc(C2CCOCC2)nc(N2CCC(C)(N)CC2)c1.Cc1ccc(NC(=O)c2ccnc(C(F)(F)F)c2)cc1-c1cc(C2CCOCC2)nc(N2CCC(C)(NC(=O)OC(C)(C)C)CC2)c1. The number of benzene rings is 2. The van der Waals surface area contributed by atoms with Gasteiger partial charge in [-0.2, -0.15) is 26.3 Å². The van der Waals surface area contributed by atoms with Crippen LogP contribution in [0, 0.1) is 13.8 Å². The van der Waals surface area contributed by atoms with E-state index in [-0.39, 0.29) is 28.5 Å². The van der Waals surface area contributed by atoms with Gasteiger partial charge in [0.25, 0.3) is 11.8 Å². The summed E-state index contributed by atoms with van der Waals surface area (Å²) in [6.07, 6.45) is -1.09. The first-order valence-electron chi connectivity index (χ1n) is 29.5. The minimum atomic E-state index is -4.66. The maximum atomic E-state index is 13.2. The number of nitrogens with two attached hydrogens (primary N) is 1. The van der Waals surface area contributed by atoms with E-state index >= 15 is 0 Å². The second-order valence-electron chi connectivity index (χ2n) is 24.7. The van der Waals surface area contributed by atoms with Crippen molar-refractivity contribution < 1.29 is 54.9 Å². The van der Waals surface area contributed by atoms with Crippen LogP contribution in [0.1, 0.15) is 152 Å². The van der Waals surface area contributed by atoms with Crippen LogP contribution in [0.4, 0.5) is 54.1 Å². The predicted octanol–water partition coefficient (Wildman–Crippen LogP) is 13.4. The van der Waals surface area contributed by atoms with Gasteiger partial charge in [0.1, 0.15) is 28.6 Å². The Labute approximate surface area is 503 Å². The fraction of sp³-hybridized carbons (Fsp3) is 0.462. The highest BCUT2D eigenvalue weighted by atomic mass is 19.4. The van der Waals surface area contributed by atoms with Crippen molar-refractivity contribution in [3.8, 4) is 22.3 Å². The molecule has 4 aliphatic rings. The summed E-state index contributed by atoms with van der Waals surface area (Å²) >= 11 is 0. The normalized spacial score (nSPS) is 17.6. The average molecular weight is 1210 g/mol. The van der Waals surface area contributed by atoms with Crippen molar-refractivity contribution in [3.63, 3.8) is 0 Å². The Balaban J connectivity index is 0.000000210. The Morgan fingerprint density at radius 2 is 0.989 bits per heavy atom. The maximum absolute atomic E-state index is 13.2. The van der Waals surface area contributed by atoms with Crippen molar-refractivity contribution in [1.82, 2.24) is 25.3 Å². The summed E-state index contributed by atoms with van der Waals surface area (Å²) in [6, 6.07) is 23.3. The molecule has 4 aliphatic heterocycles. The quantitative estimate of drug-likeness (QED) is 0.0894. The van der Waals surface area contributed by atoms with E-state index in [1.807, 2.05) is 71.9 Å². The third kappa shape index (κ3) is 16.9. The number of hydrogen-bond donors (Lipinski definition) is 4. The Hall–Kier alpha value is -7.69. The number of pyridine rings is 4. The third-order valence-corrected chi connectivity index (χ3v) is 16.4. The largest absolute Gasteiger partial charge is 0.444 e. The molecule has 0 unspecified atom stereocenters.